The summed E-state index contributed by atoms with van der Waals surface area (Å²) in [5, 5.41) is 4.37. The number of rotatable bonds is 2. The molecule has 0 atom stereocenters. The molecule has 0 aliphatic carbocycles. The number of aldehydes is 1. The van der Waals surface area contributed by atoms with Gasteiger partial charge >= 0.3 is 0 Å². The minimum atomic E-state index is 0.365. The van der Waals surface area contributed by atoms with Crippen molar-refractivity contribution in [2.24, 2.45) is 0 Å². The fraction of sp³-hybridized carbons (Fsp3) is 0. The molecule has 1 aromatic carbocycles. The van der Waals surface area contributed by atoms with Gasteiger partial charge in [0.1, 0.15) is 5.69 Å². The molecule has 0 radical (unpaired) electrons. The summed E-state index contributed by atoms with van der Waals surface area (Å²) < 4.78 is 1.51. The van der Waals surface area contributed by atoms with Gasteiger partial charge in [-0.25, -0.2) is 4.68 Å². The Bertz CT molecular complexity index is 450. The smallest absolute Gasteiger partial charge is 0.170 e. The molecule has 2 aromatic rings. The summed E-state index contributed by atoms with van der Waals surface area (Å²) in [5.74, 6) is 0. The number of hydrogen-bond acceptors (Lipinski definition) is 2. The van der Waals surface area contributed by atoms with Crippen molar-refractivity contribution in [2.45, 2.75) is 0 Å². The second-order valence-electron chi connectivity index (χ2n) is 2.74. The third-order valence-electron chi connectivity index (χ3n) is 1.87. The normalized spacial score (nSPS) is 10.1. The second kappa shape index (κ2) is 3.64. The fourth-order valence-corrected chi connectivity index (χ4v) is 1.39. The van der Waals surface area contributed by atoms with Crippen molar-refractivity contribution in [3.8, 4) is 5.69 Å². The van der Waals surface area contributed by atoms with E-state index < -0.39 is 0 Å². The lowest BCUT2D eigenvalue weighted by atomic mass is 10.3. The minimum absolute atomic E-state index is 0.365. The molecule has 0 aliphatic heterocycles. The summed E-state index contributed by atoms with van der Waals surface area (Å²) in [6, 6.07) is 9.36. The highest BCUT2D eigenvalue weighted by Gasteiger charge is 2.08. The molecule has 1 heterocycles. The van der Waals surface area contributed by atoms with Crippen LogP contribution in [0.1, 0.15) is 10.5 Å². The number of halogens is 1. The van der Waals surface area contributed by atoms with Gasteiger partial charge in [-0.05, 0) is 12.1 Å². The highest BCUT2D eigenvalue weighted by molar-refractivity contribution is 6.32. The van der Waals surface area contributed by atoms with Crippen molar-refractivity contribution >= 4 is 17.9 Å². The Morgan fingerprint density at radius 2 is 2.00 bits per heavy atom. The van der Waals surface area contributed by atoms with Gasteiger partial charge in [-0.3, -0.25) is 4.79 Å². The van der Waals surface area contributed by atoms with E-state index in [2.05, 4.69) is 5.10 Å². The van der Waals surface area contributed by atoms with Gasteiger partial charge in [0.2, 0.25) is 0 Å². The molecule has 1 aromatic heterocycles. The molecule has 0 bridgehead atoms. The molecule has 0 aliphatic rings. The molecule has 14 heavy (non-hydrogen) atoms. The van der Waals surface area contributed by atoms with Crippen LogP contribution in [0.15, 0.2) is 36.5 Å². The number of carbonyl (C=O) groups excluding carboxylic acids is 1. The van der Waals surface area contributed by atoms with Gasteiger partial charge in [0.25, 0.3) is 0 Å². The van der Waals surface area contributed by atoms with E-state index in [1.807, 2.05) is 30.3 Å². The summed E-state index contributed by atoms with van der Waals surface area (Å²) in [6.07, 6.45) is 2.15. The standard InChI is InChI=1S/C10H7ClN2O/c11-9-6-12-13(10(9)7-14)8-4-2-1-3-5-8/h1-7H. The number of benzene rings is 1. The van der Waals surface area contributed by atoms with E-state index in [0.29, 0.717) is 17.0 Å². The molecule has 0 spiro atoms. The zero-order valence-electron chi connectivity index (χ0n) is 7.22. The molecule has 2 rings (SSSR count). The number of aromatic nitrogens is 2. The van der Waals surface area contributed by atoms with Gasteiger partial charge in [-0.15, -0.1) is 0 Å². The van der Waals surface area contributed by atoms with Gasteiger partial charge in [0.15, 0.2) is 6.29 Å². The Labute approximate surface area is 85.9 Å². The Kier molecular flexibility index (Phi) is 2.33. The van der Waals surface area contributed by atoms with E-state index in [1.165, 1.54) is 10.9 Å². The SMILES string of the molecule is O=Cc1c(Cl)cnn1-c1ccccc1. The molecular weight excluding hydrogens is 200 g/mol. The van der Waals surface area contributed by atoms with Gasteiger partial charge in [-0.2, -0.15) is 5.10 Å². The van der Waals surface area contributed by atoms with E-state index in [9.17, 15) is 4.79 Å². The van der Waals surface area contributed by atoms with Crippen LogP contribution in [0.25, 0.3) is 5.69 Å². The molecule has 0 unspecified atom stereocenters. The number of hydrogen-bond donors (Lipinski definition) is 0. The lowest BCUT2D eigenvalue weighted by Gasteiger charge is -2.01. The van der Waals surface area contributed by atoms with Crippen molar-refractivity contribution in [2.75, 3.05) is 0 Å². The van der Waals surface area contributed by atoms with Crippen LogP contribution in [-0.2, 0) is 0 Å². The number of para-hydroxylation sites is 1. The molecule has 4 heteroatoms. The average molecular weight is 207 g/mol. The molecular formula is C10H7ClN2O. The summed E-state index contributed by atoms with van der Waals surface area (Å²) in [7, 11) is 0. The average Bonchev–Trinajstić information content (AvgIpc) is 2.61. The Hall–Kier alpha value is -1.61. The Morgan fingerprint density at radius 1 is 1.29 bits per heavy atom. The molecule has 0 saturated heterocycles. The predicted molar refractivity (Wildman–Crippen MR) is 54.0 cm³/mol. The lowest BCUT2D eigenvalue weighted by Crippen LogP contribution is -2.00. The maximum atomic E-state index is 10.7. The topological polar surface area (TPSA) is 34.9 Å². The van der Waals surface area contributed by atoms with Crippen LogP contribution in [0.3, 0.4) is 0 Å². The maximum Gasteiger partial charge on any atom is 0.170 e. The maximum absolute atomic E-state index is 10.7. The van der Waals surface area contributed by atoms with Crippen LogP contribution in [0, 0.1) is 0 Å². The van der Waals surface area contributed by atoms with Crippen LogP contribution in [-0.4, -0.2) is 16.1 Å². The first kappa shape index (κ1) is 8.97. The largest absolute Gasteiger partial charge is 0.296 e. The fourth-order valence-electron chi connectivity index (χ4n) is 1.22. The first-order valence-electron chi connectivity index (χ1n) is 4.07. The molecule has 0 amide bonds. The quantitative estimate of drug-likeness (QED) is 0.707. The zero-order valence-corrected chi connectivity index (χ0v) is 7.98. The molecule has 3 nitrogen and oxygen atoms in total. The highest BCUT2D eigenvalue weighted by atomic mass is 35.5. The predicted octanol–water partition coefficient (Wildman–Crippen LogP) is 2.34. The van der Waals surface area contributed by atoms with Crippen LogP contribution in [0.5, 0.6) is 0 Å². The number of nitrogens with zero attached hydrogens (tertiary/aromatic N) is 2. The van der Waals surface area contributed by atoms with Crippen LogP contribution in [0.2, 0.25) is 5.02 Å². The van der Waals surface area contributed by atoms with Crippen molar-refractivity contribution in [1.82, 2.24) is 9.78 Å². The lowest BCUT2D eigenvalue weighted by molar-refractivity contribution is 0.111. The minimum Gasteiger partial charge on any atom is -0.296 e. The van der Waals surface area contributed by atoms with Crippen LogP contribution in [0.4, 0.5) is 0 Å². The van der Waals surface area contributed by atoms with E-state index in [0.717, 1.165) is 5.69 Å². The van der Waals surface area contributed by atoms with E-state index in [-0.39, 0.29) is 0 Å². The van der Waals surface area contributed by atoms with Gasteiger partial charge < -0.3 is 0 Å². The van der Waals surface area contributed by atoms with E-state index in [4.69, 9.17) is 11.6 Å². The van der Waals surface area contributed by atoms with Crippen molar-refractivity contribution in [1.29, 1.82) is 0 Å². The Balaban J connectivity index is 2.57. The van der Waals surface area contributed by atoms with Gasteiger partial charge in [-0.1, -0.05) is 29.8 Å². The highest BCUT2D eigenvalue weighted by Crippen LogP contribution is 2.16. The van der Waals surface area contributed by atoms with Gasteiger partial charge in [0.05, 0.1) is 16.9 Å². The van der Waals surface area contributed by atoms with Crippen LogP contribution < -0.4 is 0 Å². The molecule has 0 N–H and O–H groups in total. The van der Waals surface area contributed by atoms with Crippen molar-refractivity contribution < 1.29 is 4.79 Å². The molecule has 0 fully saturated rings. The van der Waals surface area contributed by atoms with Crippen molar-refractivity contribution in [3.05, 3.63) is 47.2 Å². The van der Waals surface area contributed by atoms with E-state index in [1.54, 1.807) is 0 Å². The second-order valence-corrected chi connectivity index (χ2v) is 3.15. The third kappa shape index (κ3) is 1.42. The summed E-state index contributed by atoms with van der Waals surface area (Å²) in [4.78, 5) is 10.7. The monoisotopic (exact) mass is 206 g/mol. The first-order valence-corrected chi connectivity index (χ1v) is 4.45. The molecule has 0 saturated carbocycles. The zero-order chi connectivity index (χ0) is 9.97. The van der Waals surface area contributed by atoms with Crippen LogP contribution >= 0.6 is 11.6 Å². The Morgan fingerprint density at radius 3 is 2.64 bits per heavy atom. The van der Waals surface area contributed by atoms with Gasteiger partial charge in [0, 0.05) is 0 Å². The van der Waals surface area contributed by atoms with Crippen molar-refractivity contribution in [3.63, 3.8) is 0 Å². The van der Waals surface area contributed by atoms with E-state index >= 15 is 0 Å². The first-order chi connectivity index (χ1) is 6.83. The number of carbonyl (C=O) groups is 1. The summed E-state index contributed by atoms with van der Waals surface area (Å²) in [5.41, 5.74) is 1.19. The third-order valence-corrected chi connectivity index (χ3v) is 2.16. The summed E-state index contributed by atoms with van der Waals surface area (Å²) >= 11 is 5.78. The summed E-state index contributed by atoms with van der Waals surface area (Å²) in [6.45, 7) is 0. The molecule has 70 valence electrons.